The smallest absolute Gasteiger partial charge is 0.331 e. The molecule has 0 aliphatic rings. The molecule has 0 spiro atoms. The zero-order valence-electron chi connectivity index (χ0n) is 5.80. The Balaban J connectivity index is 4.00. The zero-order chi connectivity index (χ0) is 9.46. The fourth-order valence-electron chi connectivity index (χ4n) is 0.594. The molecule has 0 atom stereocenters. The maximum absolute atomic E-state index is 10.8. The molecule has 66 valence electrons. The Morgan fingerprint density at radius 3 is 1.00 bits per heavy atom. The number of nitrogens with zero attached hydrogens (tertiary/aromatic N) is 3. The van der Waals surface area contributed by atoms with Gasteiger partial charge in [-0.3, -0.25) is 0 Å². The summed E-state index contributed by atoms with van der Waals surface area (Å²) >= 11 is 0. The molecule has 6 N–H and O–H groups in total. The van der Waals surface area contributed by atoms with E-state index < -0.39 is 17.1 Å². The topological polar surface area (TPSA) is 144 Å². The van der Waals surface area contributed by atoms with E-state index in [2.05, 4.69) is 0 Å². The summed E-state index contributed by atoms with van der Waals surface area (Å²) in [6.45, 7) is 0. The van der Waals surface area contributed by atoms with E-state index in [0.29, 0.717) is 0 Å². The summed E-state index contributed by atoms with van der Waals surface area (Å²) < 4.78 is 0.379. The number of nitrogens with two attached hydrogens (primary N) is 3. The molecule has 0 unspecified atom stereocenters. The van der Waals surface area contributed by atoms with E-state index >= 15 is 0 Å². The van der Waals surface area contributed by atoms with Crippen molar-refractivity contribution in [2.24, 2.45) is 0 Å². The summed E-state index contributed by atoms with van der Waals surface area (Å²) in [5, 5.41) is 0. The van der Waals surface area contributed by atoms with Crippen LogP contribution < -0.4 is 34.6 Å². The first kappa shape index (κ1) is 7.91. The molecule has 9 heteroatoms. The second-order valence-electron chi connectivity index (χ2n) is 1.96. The van der Waals surface area contributed by atoms with Gasteiger partial charge < -0.3 is 17.5 Å². The molecule has 0 saturated carbocycles. The van der Waals surface area contributed by atoms with Crippen LogP contribution >= 0.6 is 0 Å². The van der Waals surface area contributed by atoms with E-state index in [9.17, 15) is 14.4 Å². The van der Waals surface area contributed by atoms with Gasteiger partial charge in [-0.1, -0.05) is 0 Å². The molecule has 0 amide bonds. The van der Waals surface area contributed by atoms with Gasteiger partial charge in [-0.15, -0.1) is 0 Å². The van der Waals surface area contributed by atoms with E-state index in [4.69, 9.17) is 17.5 Å². The van der Waals surface area contributed by atoms with Crippen molar-refractivity contribution >= 4 is 0 Å². The molecule has 1 rings (SSSR count). The third-order valence-corrected chi connectivity index (χ3v) is 1.24. The molecule has 0 aliphatic heterocycles. The van der Waals surface area contributed by atoms with E-state index in [1.807, 2.05) is 0 Å². The van der Waals surface area contributed by atoms with Crippen molar-refractivity contribution in [3.8, 4) is 0 Å². The van der Waals surface area contributed by atoms with Gasteiger partial charge in [0.2, 0.25) is 0 Å². The first-order valence-corrected chi connectivity index (χ1v) is 2.73. The van der Waals surface area contributed by atoms with Gasteiger partial charge in [0, 0.05) is 0 Å². The molecule has 0 aliphatic carbocycles. The molecule has 0 saturated heterocycles. The van der Waals surface area contributed by atoms with Crippen molar-refractivity contribution in [2.45, 2.75) is 0 Å². The van der Waals surface area contributed by atoms with Crippen LogP contribution in [0.5, 0.6) is 0 Å². The van der Waals surface area contributed by atoms with Gasteiger partial charge in [0.05, 0.1) is 0 Å². The highest BCUT2D eigenvalue weighted by molar-refractivity contribution is 4.76. The Bertz CT molecular complexity index is 375. The van der Waals surface area contributed by atoms with Crippen LogP contribution in [-0.2, 0) is 0 Å². The van der Waals surface area contributed by atoms with Gasteiger partial charge in [-0.05, 0) is 0 Å². The van der Waals surface area contributed by atoms with Gasteiger partial charge in [0.1, 0.15) is 0 Å². The summed E-state index contributed by atoms with van der Waals surface area (Å²) in [6, 6.07) is 0. The Kier molecular flexibility index (Phi) is 1.42. The Hall–Kier alpha value is -2.19. The number of rotatable bonds is 0. The standard InChI is InChI=1S/C3H6N6O3/c4-7-1(10)8(5)3(12)9(6)2(7)11/h4-6H2. The highest BCUT2D eigenvalue weighted by atomic mass is 16.2. The number of hydrogen-bond acceptors (Lipinski definition) is 6. The van der Waals surface area contributed by atoms with Crippen LogP contribution in [0.4, 0.5) is 0 Å². The van der Waals surface area contributed by atoms with Crippen molar-refractivity contribution in [2.75, 3.05) is 17.5 Å². The summed E-state index contributed by atoms with van der Waals surface area (Å²) in [5.41, 5.74) is -3.40. The third-order valence-electron chi connectivity index (χ3n) is 1.24. The molecular weight excluding hydrogens is 168 g/mol. The lowest BCUT2D eigenvalue weighted by atomic mass is 10.9. The minimum absolute atomic E-state index is 0.126. The molecule has 0 fully saturated rings. The molecule has 1 heterocycles. The average molecular weight is 174 g/mol. The van der Waals surface area contributed by atoms with Gasteiger partial charge in [-0.25, -0.2) is 14.4 Å². The quantitative estimate of drug-likeness (QED) is 0.337. The highest BCUT2D eigenvalue weighted by Gasteiger charge is 2.07. The van der Waals surface area contributed by atoms with Gasteiger partial charge in [-0.2, -0.15) is 14.0 Å². The predicted molar refractivity (Wildman–Crippen MR) is 39.7 cm³/mol. The molecule has 1 aromatic rings. The molecule has 12 heavy (non-hydrogen) atoms. The first-order chi connectivity index (χ1) is 5.46. The van der Waals surface area contributed by atoms with Gasteiger partial charge in [0.15, 0.2) is 0 Å². The maximum atomic E-state index is 10.8. The van der Waals surface area contributed by atoms with E-state index in [1.165, 1.54) is 0 Å². The Morgan fingerprint density at radius 2 is 0.833 bits per heavy atom. The first-order valence-electron chi connectivity index (χ1n) is 2.73. The number of hydrogen-bond donors (Lipinski definition) is 3. The van der Waals surface area contributed by atoms with Crippen molar-refractivity contribution in [1.29, 1.82) is 0 Å². The normalized spacial score (nSPS) is 10.0. The molecule has 1 aromatic heterocycles. The minimum Gasteiger partial charge on any atom is -0.331 e. The summed E-state index contributed by atoms with van der Waals surface area (Å²) in [6.07, 6.45) is 0. The lowest BCUT2D eigenvalue weighted by Crippen LogP contribution is -2.61. The number of aromatic nitrogens is 3. The Morgan fingerprint density at radius 1 is 0.667 bits per heavy atom. The summed E-state index contributed by atoms with van der Waals surface area (Å²) in [4.78, 5) is 32.3. The third kappa shape index (κ3) is 0.761. The SMILES string of the molecule is Nn1c(=O)n(N)c(=O)n(N)c1=O. The van der Waals surface area contributed by atoms with Crippen LogP contribution in [-0.4, -0.2) is 14.0 Å². The second kappa shape index (κ2) is 2.15. The predicted octanol–water partition coefficient (Wildman–Crippen LogP) is -4.69. The molecule has 0 radical (unpaired) electrons. The van der Waals surface area contributed by atoms with Crippen molar-refractivity contribution in [1.82, 2.24) is 14.0 Å². The lowest BCUT2D eigenvalue weighted by Gasteiger charge is -2.01. The minimum atomic E-state index is -1.13. The van der Waals surface area contributed by atoms with E-state index in [1.54, 1.807) is 0 Å². The summed E-state index contributed by atoms with van der Waals surface area (Å²) in [7, 11) is 0. The molecule has 9 nitrogen and oxygen atoms in total. The van der Waals surface area contributed by atoms with Crippen LogP contribution in [0.15, 0.2) is 14.4 Å². The summed E-state index contributed by atoms with van der Waals surface area (Å²) in [5.74, 6) is 14.7. The Labute approximate surface area is 64.1 Å². The van der Waals surface area contributed by atoms with Crippen LogP contribution in [0.2, 0.25) is 0 Å². The molecular formula is C3H6N6O3. The van der Waals surface area contributed by atoms with Crippen molar-refractivity contribution in [3.05, 3.63) is 31.5 Å². The second-order valence-corrected chi connectivity index (χ2v) is 1.96. The zero-order valence-corrected chi connectivity index (χ0v) is 5.80. The highest BCUT2D eigenvalue weighted by Crippen LogP contribution is 1.48. The fraction of sp³-hybridized carbons (Fsp3) is 0. The largest absolute Gasteiger partial charge is 0.373 e. The van der Waals surface area contributed by atoms with Gasteiger partial charge in [0.25, 0.3) is 0 Å². The van der Waals surface area contributed by atoms with Crippen LogP contribution in [0.1, 0.15) is 0 Å². The fourth-order valence-corrected chi connectivity index (χ4v) is 0.594. The van der Waals surface area contributed by atoms with E-state index in [-0.39, 0.29) is 14.0 Å². The molecule has 0 aromatic carbocycles. The van der Waals surface area contributed by atoms with Gasteiger partial charge >= 0.3 is 17.1 Å². The monoisotopic (exact) mass is 174 g/mol. The maximum Gasteiger partial charge on any atom is 0.373 e. The van der Waals surface area contributed by atoms with Crippen LogP contribution in [0, 0.1) is 0 Å². The molecule has 0 bridgehead atoms. The number of nitrogen functional groups attached to an aromatic ring is 3. The van der Waals surface area contributed by atoms with Crippen molar-refractivity contribution < 1.29 is 0 Å². The van der Waals surface area contributed by atoms with Crippen LogP contribution in [0.25, 0.3) is 0 Å². The average Bonchev–Trinajstić information content (AvgIpc) is 2.08. The van der Waals surface area contributed by atoms with Crippen LogP contribution in [0.3, 0.4) is 0 Å². The lowest BCUT2D eigenvalue weighted by molar-refractivity contribution is 0.608. The van der Waals surface area contributed by atoms with E-state index in [0.717, 1.165) is 0 Å². The van der Waals surface area contributed by atoms with Crippen molar-refractivity contribution in [3.63, 3.8) is 0 Å².